The molecular formula is C20H28FN7. The van der Waals surface area contributed by atoms with Gasteiger partial charge in [-0.3, -0.25) is 0 Å². The summed E-state index contributed by atoms with van der Waals surface area (Å²) in [4.78, 5) is 17.2. The van der Waals surface area contributed by atoms with Crippen LogP contribution in [0.4, 0.5) is 16.0 Å². The Labute approximate surface area is 165 Å². The van der Waals surface area contributed by atoms with Gasteiger partial charge in [0.15, 0.2) is 17.6 Å². The topological polar surface area (TPSA) is 68.7 Å². The third-order valence-electron chi connectivity index (χ3n) is 4.60. The largest absolute Gasteiger partial charge is 0.363 e. The predicted molar refractivity (Wildman–Crippen MR) is 111 cm³/mol. The number of halogens is 1. The van der Waals surface area contributed by atoms with Crippen LogP contribution < -0.4 is 20.4 Å². The summed E-state index contributed by atoms with van der Waals surface area (Å²) in [5.41, 5.74) is 1.10. The molecule has 1 unspecified atom stereocenters. The van der Waals surface area contributed by atoms with Gasteiger partial charge in [-0.05, 0) is 43.2 Å². The van der Waals surface area contributed by atoms with E-state index in [2.05, 4.69) is 20.6 Å². The van der Waals surface area contributed by atoms with E-state index >= 15 is 0 Å². The highest BCUT2D eigenvalue weighted by Gasteiger charge is 2.25. The average molecular weight is 385 g/mol. The minimum atomic E-state index is -0.280. The lowest BCUT2D eigenvalue weighted by molar-refractivity contribution is 0.612. The monoisotopic (exact) mass is 385 g/mol. The Hall–Kier alpha value is -2.90. The molecule has 28 heavy (non-hydrogen) atoms. The van der Waals surface area contributed by atoms with Crippen LogP contribution in [-0.2, 0) is 6.54 Å². The van der Waals surface area contributed by atoms with Gasteiger partial charge in [0, 0.05) is 52.2 Å². The molecule has 8 heteroatoms. The highest BCUT2D eigenvalue weighted by molar-refractivity contribution is 5.80. The minimum absolute atomic E-state index is 0.189. The van der Waals surface area contributed by atoms with Crippen LogP contribution in [0.2, 0.25) is 0 Å². The molecule has 0 spiro atoms. The van der Waals surface area contributed by atoms with Crippen molar-refractivity contribution in [1.82, 2.24) is 20.6 Å². The number of nitrogens with zero attached hydrogens (tertiary/aromatic N) is 5. The number of anilines is 2. The zero-order chi connectivity index (χ0) is 19.9. The molecule has 3 rings (SSSR count). The van der Waals surface area contributed by atoms with Gasteiger partial charge in [0.05, 0.1) is 6.54 Å². The number of aromatic nitrogens is 2. The molecule has 0 aromatic carbocycles. The fraction of sp³-hybridized carbons (Fsp3) is 0.450. The lowest BCUT2D eigenvalue weighted by atomic mass is 10.2. The Morgan fingerprint density at radius 3 is 2.93 bits per heavy atom. The summed E-state index contributed by atoms with van der Waals surface area (Å²) in [7, 11) is 3.94. The summed E-state index contributed by atoms with van der Waals surface area (Å²) in [6.45, 7) is 4.83. The molecular weight excluding hydrogens is 357 g/mol. The first-order chi connectivity index (χ1) is 13.6. The van der Waals surface area contributed by atoms with Gasteiger partial charge in [-0.25, -0.2) is 19.4 Å². The lowest BCUT2D eigenvalue weighted by Gasteiger charge is -2.20. The van der Waals surface area contributed by atoms with E-state index in [1.165, 1.54) is 6.07 Å². The minimum Gasteiger partial charge on any atom is -0.363 e. The molecule has 1 fully saturated rings. The van der Waals surface area contributed by atoms with E-state index < -0.39 is 0 Å². The van der Waals surface area contributed by atoms with Gasteiger partial charge < -0.3 is 20.4 Å². The summed E-state index contributed by atoms with van der Waals surface area (Å²) in [6.07, 6.45) is 4.33. The van der Waals surface area contributed by atoms with Crippen molar-refractivity contribution < 1.29 is 4.39 Å². The van der Waals surface area contributed by atoms with Gasteiger partial charge in [-0.15, -0.1) is 0 Å². The highest BCUT2D eigenvalue weighted by Crippen LogP contribution is 2.20. The molecule has 3 heterocycles. The van der Waals surface area contributed by atoms with Crippen molar-refractivity contribution in [3.63, 3.8) is 0 Å². The molecule has 1 atom stereocenters. The van der Waals surface area contributed by atoms with E-state index in [-0.39, 0.29) is 11.9 Å². The maximum Gasteiger partial charge on any atom is 0.191 e. The van der Waals surface area contributed by atoms with Gasteiger partial charge in [0.2, 0.25) is 0 Å². The van der Waals surface area contributed by atoms with Gasteiger partial charge in [0.1, 0.15) is 5.82 Å². The molecule has 0 radical (unpaired) electrons. The molecule has 2 aromatic rings. The van der Waals surface area contributed by atoms with E-state index in [0.29, 0.717) is 18.9 Å². The summed E-state index contributed by atoms with van der Waals surface area (Å²) >= 11 is 0. The second-order valence-electron chi connectivity index (χ2n) is 7.00. The van der Waals surface area contributed by atoms with E-state index in [0.717, 1.165) is 36.9 Å². The number of pyridine rings is 2. The maximum absolute atomic E-state index is 14.0. The fourth-order valence-corrected chi connectivity index (χ4v) is 3.17. The maximum atomic E-state index is 14.0. The van der Waals surface area contributed by atoms with Crippen molar-refractivity contribution in [2.75, 3.05) is 43.5 Å². The Kier molecular flexibility index (Phi) is 6.62. The highest BCUT2D eigenvalue weighted by atomic mass is 19.1. The van der Waals surface area contributed by atoms with E-state index in [9.17, 15) is 4.39 Å². The van der Waals surface area contributed by atoms with Crippen LogP contribution in [0.25, 0.3) is 0 Å². The number of nitrogens with one attached hydrogen (secondary N) is 2. The van der Waals surface area contributed by atoms with E-state index in [1.54, 1.807) is 18.5 Å². The number of hydrogen-bond acceptors (Lipinski definition) is 5. The molecule has 2 N–H and O–H groups in total. The SMILES string of the molecule is CCNC(=NCc1ccnc(N(C)C)c1)NC1CCN(c2ncccc2F)C1. The van der Waals surface area contributed by atoms with Crippen LogP contribution in [0.15, 0.2) is 41.7 Å². The van der Waals surface area contributed by atoms with E-state index in [4.69, 9.17) is 4.99 Å². The van der Waals surface area contributed by atoms with Crippen molar-refractivity contribution in [1.29, 1.82) is 0 Å². The van der Waals surface area contributed by atoms with Gasteiger partial charge in [0.25, 0.3) is 0 Å². The first-order valence-corrected chi connectivity index (χ1v) is 9.59. The van der Waals surface area contributed by atoms with Crippen LogP contribution in [0.3, 0.4) is 0 Å². The normalized spacial score (nSPS) is 16.9. The molecule has 0 bridgehead atoms. The summed E-state index contributed by atoms with van der Waals surface area (Å²) < 4.78 is 14.0. The molecule has 7 nitrogen and oxygen atoms in total. The summed E-state index contributed by atoms with van der Waals surface area (Å²) in [6, 6.07) is 7.26. The molecule has 0 aliphatic carbocycles. The summed E-state index contributed by atoms with van der Waals surface area (Å²) in [5, 5.41) is 6.75. The first-order valence-electron chi connectivity index (χ1n) is 9.59. The molecule has 1 aliphatic rings. The standard InChI is InChI=1S/C20H28FN7/c1-4-22-20(25-13-15-7-10-23-18(12-15)27(2)3)26-16-8-11-28(14-16)19-17(21)6-5-9-24-19/h5-7,9-10,12,16H,4,8,11,13-14H2,1-3H3,(H2,22,25,26). The van der Waals surface area contributed by atoms with Gasteiger partial charge in [-0.1, -0.05) is 0 Å². The zero-order valence-corrected chi connectivity index (χ0v) is 16.7. The number of hydrogen-bond donors (Lipinski definition) is 2. The molecule has 0 amide bonds. The van der Waals surface area contributed by atoms with Gasteiger partial charge in [-0.2, -0.15) is 0 Å². The molecule has 1 aliphatic heterocycles. The number of rotatable bonds is 6. The number of aliphatic imine (C=N–C) groups is 1. The van der Waals surface area contributed by atoms with Crippen molar-refractivity contribution in [3.05, 3.63) is 48.0 Å². The average Bonchev–Trinajstić information content (AvgIpc) is 3.15. The van der Waals surface area contributed by atoms with Crippen LogP contribution in [0.5, 0.6) is 0 Å². The van der Waals surface area contributed by atoms with Crippen LogP contribution in [0.1, 0.15) is 18.9 Å². The van der Waals surface area contributed by atoms with Crippen molar-refractivity contribution >= 4 is 17.6 Å². The molecule has 1 saturated heterocycles. The second-order valence-corrected chi connectivity index (χ2v) is 7.00. The molecule has 2 aromatic heterocycles. The van der Waals surface area contributed by atoms with Crippen molar-refractivity contribution in [2.45, 2.75) is 25.9 Å². The quantitative estimate of drug-likeness (QED) is 0.586. The third kappa shape index (κ3) is 5.09. The second kappa shape index (κ2) is 9.34. The number of guanidine groups is 1. The van der Waals surface area contributed by atoms with Gasteiger partial charge >= 0.3 is 0 Å². The third-order valence-corrected chi connectivity index (χ3v) is 4.60. The first kappa shape index (κ1) is 19.9. The molecule has 150 valence electrons. The van der Waals surface area contributed by atoms with Crippen molar-refractivity contribution in [2.24, 2.45) is 4.99 Å². The Morgan fingerprint density at radius 2 is 2.18 bits per heavy atom. The lowest BCUT2D eigenvalue weighted by Crippen LogP contribution is -2.44. The Balaban J connectivity index is 1.62. The molecule has 0 saturated carbocycles. The smallest absolute Gasteiger partial charge is 0.191 e. The van der Waals surface area contributed by atoms with Crippen molar-refractivity contribution in [3.8, 4) is 0 Å². The predicted octanol–water partition coefficient (Wildman–Crippen LogP) is 2.02. The van der Waals surface area contributed by atoms with Crippen LogP contribution in [0, 0.1) is 5.82 Å². The fourth-order valence-electron chi connectivity index (χ4n) is 3.17. The van der Waals surface area contributed by atoms with E-state index in [1.807, 2.05) is 43.0 Å². The summed E-state index contributed by atoms with van der Waals surface area (Å²) in [5.74, 6) is 1.81. The van der Waals surface area contributed by atoms with Crippen LogP contribution >= 0.6 is 0 Å². The zero-order valence-electron chi connectivity index (χ0n) is 16.7. The Morgan fingerprint density at radius 1 is 1.32 bits per heavy atom. The Bertz CT molecular complexity index is 809. The van der Waals surface area contributed by atoms with Crippen LogP contribution in [-0.4, -0.2) is 55.7 Å².